The first kappa shape index (κ1) is 10.9. The predicted molar refractivity (Wildman–Crippen MR) is 59.7 cm³/mol. The maximum atomic E-state index is 9.26. The van der Waals surface area contributed by atoms with Crippen LogP contribution in [-0.4, -0.2) is 36.7 Å². The molecule has 0 fully saturated rings. The number of benzene rings is 1. The van der Waals surface area contributed by atoms with Crippen LogP contribution >= 0.6 is 0 Å². The minimum absolute atomic E-state index is 0.298. The van der Waals surface area contributed by atoms with Crippen molar-refractivity contribution in [1.29, 1.82) is 0 Å². The number of hydrogen-bond acceptors (Lipinski definition) is 3. The number of nitrogens with one attached hydrogen (secondary N) is 1. The average molecular weight is 194 g/mol. The number of phenols is 1. The van der Waals surface area contributed by atoms with Crippen LogP contribution in [0.5, 0.6) is 5.75 Å². The maximum absolute atomic E-state index is 9.26. The lowest BCUT2D eigenvalue weighted by atomic mass is 10.2. The molecule has 0 aromatic heterocycles. The van der Waals surface area contributed by atoms with Gasteiger partial charge in [-0.15, -0.1) is 0 Å². The Bertz CT molecular complexity index is 286. The highest BCUT2D eigenvalue weighted by Gasteiger charge is 2.03. The SMILES string of the molecule is CC(CN(C)C)Nc1cccc(O)c1. The van der Waals surface area contributed by atoms with Gasteiger partial charge in [0, 0.05) is 24.3 Å². The van der Waals surface area contributed by atoms with Gasteiger partial charge in [0.05, 0.1) is 0 Å². The molecule has 14 heavy (non-hydrogen) atoms. The van der Waals surface area contributed by atoms with Gasteiger partial charge in [-0.3, -0.25) is 0 Å². The summed E-state index contributed by atoms with van der Waals surface area (Å²) in [5, 5.41) is 12.6. The smallest absolute Gasteiger partial charge is 0.117 e. The number of nitrogens with zero attached hydrogens (tertiary/aromatic N) is 1. The summed E-state index contributed by atoms with van der Waals surface area (Å²) >= 11 is 0. The topological polar surface area (TPSA) is 35.5 Å². The van der Waals surface area contributed by atoms with Gasteiger partial charge in [0.1, 0.15) is 5.75 Å². The molecule has 0 aliphatic rings. The number of aromatic hydroxyl groups is 1. The van der Waals surface area contributed by atoms with Gasteiger partial charge in [-0.05, 0) is 33.2 Å². The molecule has 0 radical (unpaired) electrons. The Balaban J connectivity index is 2.51. The van der Waals surface area contributed by atoms with Crippen molar-refractivity contribution in [3.8, 4) is 5.75 Å². The molecule has 1 atom stereocenters. The van der Waals surface area contributed by atoms with E-state index in [1.54, 1.807) is 12.1 Å². The van der Waals surface area contributed by atoms with E-state index in [-0.39, 0.29) is 0 Å². The summed E-state index contributed by atoms with van der Waals surface area (Å²) in [6.07, 6.45) is 0. The van der Waals surface area contributed by atoms with Crippen LogP contribution in [0.15, 0.2) is 24.3 Å². The van der Waals surface area contributed by atoms with Crippen molar-refractivity contribution in [2.75, 3.05) is 26.0 Å². The average Bonchev–Trinajstić information content (AvgIpc) is 2.01. The van der Waals surface area contributed by atoms with E-state index in [2.05, 4.69) is 17.1 Å². The summed E-state index contributed by atoms with van der Waals surface area (Å²) in [4.78, 5) is 2.13. The summed E-state index contributed by atoms with van der Waals surface area (Å²) in [5.41, 5.74) is 0.958. The molecule has 3 heteroatoms. The first-order valence-corrected chi connectivity index (χ1v) is 4.78. The lowest BCUT2D eigenvalue weighted by Crippen LogP contribution is -2.29. The van der Waals surface area contributed by atoms with Crippen molar-refractivity contribution < 1.29 is 5.11 Å². The third kappa shape index (κ3) is 3.66. The lowest BCUT2D eigenvalue weighted by molar-refractivity contribution is 0.392. The molecule has 0 bridgehead atoms. The van der Waals surface area contributed by atoms with Gasteiger partial charge in [-0.2, -0.15) is 0 Å². The molecular formula is C11H18N2O. The first-order chi connectivity index (χ1) is 6.58. The normalized spacial score (nSPS) is 12.9. The third-order valence-corrected chi connectivity index (χ3v) is 1.90. The van der Waals surface area contributed by atoms with Crippen molar-refractivity contribution in [2.24, 2.45) is 0 Å². The molecule has 1 aromatic rings. The summed E-state index contributed by atoms with van der Waals surface area (Å²) < 4.78 is 0. The molecular weight excluding hydrogens is 176 g/mol. The Morgan fingerprint density at radius 2 is 2.14 bits per heavy atom. The van der Waals surface area contributed by atoms with Gasteiger partial charge in [0.15, 0.2) is 0 Å². The second-order valence-electron chi connectivity index (χ2n) is 3.86. The summed E-state index contributed by atoms with van der Waals surface area (Å²) in [5.74, 6) is 0.298. The van der Waals surface area contributed by atoms with Gasteiger partial charge in [-0.1, -0.05) is 6.07 Å². The highest BCUT2D eigenvalue weighted by atomic mass is 16.3. The Hall–Kier alpha value is -1.22. The third-order valence-electron chi connectivity index (χ3n) is 1.90. The molecule has 3 nitrogen and oxygen atoms in total. The molecule has 1 rings (SSSR count). The minimum Gasteiger partial charge on any atom is -0.508 e. The molecule has 1 aromatic carbocycles. The van der Waals surface area contributed by atoms with Crippen LogP contribution in [0.3, 0.4) is 0 Å². The van der Waals surface area contributed by atoms with Gasteiger partial charge in [-0.25, -0.2) is 0 Å². The van der Waals surface area contributed by atoms with E-state index in [4.69, 9.17) is 0 Å². The van der Waals surface area contributed by atoms with Crippen molar-refractivity contribution >= 4 is 5.69 Å². The Kier molecular flexibility index (Phi) is 3.77. The lowest BCUT2D eigenvalue weighted by Gasteiger charge is -2.19. The van der Waals surface area contributed by atoms with Gasteiger partial charge >= 0.3 is 0 Å². The number of hydrogen-bond donors (Lipinski definition) is 2. The molecule has 2 N–H and O–H groups in total. The summed E-state index contributed by atoms with van der Waals surface area (Å²) in [6.45, 7) is 3.08. The maximum Gasteiger partial charge on any atom is 0.117 e. The van der Waals surface area contributed by atoms with Crippen LogP contribution < -0.4 is 5.32 Å². The van der Waals surface area contributed by atoms with E-state index in [1.807, 2.05) is 26.2 Å². The number of phenolic OH excluding ortho intramolecular Hbond substituents is 1. The monoisotopic (exact) mass is 194 g/mol. The molecule has 0 saturated carbocycles. The zero-order valence-corrected chi connectivity index (χ0v) is 8.99. The van der Waals surface area contributed by atoms with Crippen LogP contribution in [0.25, 0.3) is 0 Å². The molecule has 0 aliphatic heterocycles. The second kappa shape index (κ2) is 4.86. The van der Waals surface area contributed by atoms with E-state index in [9.17, 15) is 5.11 Å². The highest BCUT2D eigenvalue weighted by Crippen LogP contribution is 2.16. The van der Waals surface area contributed by atoms with Crippen molar-refractivity contribution in [3.63, 3.8) is 0 Å². The quantitative estimate of drug-likeness (QED) is 0.766. The molecule has 0 heterocycles. The van der Waals surface area contributed by atoms with Gasteiger partial charge in [0.2, 0.25) is 0 Å². The summed E-state index contributed by atoms with van der Waals surface area (Å²) in [7, 11) is 4.08. The van der Waals surface area contributed by atoms with Crippen molar-refractivity contribution in [2.45, 2.75) is 13.0 Å². The van der Waals surface area contributed by atoms with E-state index in [1.165, 1.54) is 0 Å². The Labute approximate surface area is 85.4 Å². The van der Waals surface area contributed by atoms with Crippen LogP contribution in [-0.2, 0) is 0 Å². The first-order valence-electron chi connectivity index (χ1n) is 4.78. The predicted octanol–water partition coefficient (Wildman–Crippen LogP) is 1.75. The Morgan fingerprint density at radius 1 is 1.43 bits per heavy atom. The molecule has 0 aliphatic carbocycles. The van der Waals surface area contributed by atoms with Crippen molar-refractivity contribution in [3.05, 3.63) is 24.3 Å². The fraction of sp³-hybridized carbons (Fsp3) is 0.455. The standard InChI is InChI=1S/C11H18N2O/c1-9(8-13(2)3)12-10-5-4-6-11(14)7-10/h4-7,9,12,14H,8H2,1-3H3. The van der Waals surface area contributed by atoms with Crippen LogP contribution in [0, 0.1) is 0 Å². The van der Waals surface area contributed by atoms with Crippen molar-refractivity contribution in [1.82, 2.24) is 4.90 Å². The van der Waals surface area contributed by atoms with Gasteiger partial charge in [0.25, 0.3) is 0 Å². The number of likely N-dealkylation sites (N-methyl/N-ethyl adjacent to an activating group) is 1. The summed E-state index contributed by atoms with van der Waals surface area (Å²) in [6, 6.07) is 7.55. The number of rotatable bonds is 4. The number of anilines is 1. The van der Waals surface area contributed by atoms with Gasteiger partial charge < -0.3 is 15.3 Å². The van der Waals surface area contributed by atoms with Crippen LogP contribution in [0.4, 0.5) is 5.69 Å². The Morgan fingerprint density at radius 3 is 2.71 bits per heavy atom. The van der Waals surface area contributed by atoms with E-state index < -0.39 is 0 Å². The van der Waals surface area contributed by atoms with E-state index >= 15 is 0 Å². The van der Waals surface area contributed by atoms with Crippen LogP contribution in [0.2, 0.25) is 0 Å². The molecule has 1 unspecified atom stereocenters. The second-order valence-corrected chi connectivity index (χ2v) is 3.86. The van der Waals surface area contributed by atoms with E-state index in [0.29, 0.717) is 11.8 Å². The minimum atomic E-state index is 0.298. The molecule has 0 saturated heterocycles. The van der Waals surface area contributed by atoms with E-state index in [0.717, 1.165) is 12.2 Å². The molecule has 0 spiro atoms. The van der Waals surface area contributed by atoms with Crippen LogP contribution in [0.1, 0.15) is 6.92 Å². The molecule has 0 amide bonds. The zero-order chi connectivity index (χ0) is 10.6. The fourth-order valence-electron chi connectivity index (χ4n) is 1.47. The largest absolute Gasteiger partial charge is 0.508 e. The highest BCUT2D eigenvalue weighted by molar-refractivity contribution is 5.48. The zero-order valence-electron chi connectivity index (χ0n) is 8.99. The molecule has 78 valence electrons. The fourth-order valence-corrected chi connectivity index (χ4v) is 1.47.